The van der Waals surface area contributed by atoms with E-state index in [1.807, 2.05) is 24.5 Å². The van der Waals surface area contributed by atoms with Crippen LogP contribution in [0.3, 0.4) is 0 Å². The Kier molecular flexibility index (Phi) is 11.9. The highest BCUT2D eigenvalue weighted by molar-refractivity contribution is 5.64. The molecule has 0 aliphatic rings. The van der Waals surface area contributed by atoms with Gasteiger partial charge in [0.15, 0.2) is 5.82 Å². The number of rotatable bonds is 16. The smallest absolute Gasteiger partial charge is 0.159 e. The fourth-order valence-electron chi connectivity index (χ4n) is 4.58. The molecule has 0 spiro atoms. The third kappa shape index (κ3) is 9.20. The van der Waals surface area contributed by atoms with Gasteiger partial charge in [-0.3, -0.25) is 0 Å². The van der Waals surface area contributed by atoms with Crippen LogP contribution in [0.2, 0.25) is 0 Å². The van der Waals surface area contributed by atoms with E-state index in [4.69, 9.17) is 0 Å². The molecule has 0 fully saturated rings. The van der Waals surface area contributed by atoms with Crippen LogP contribution in [0.1, 0.15) is 102 Å². The Hall–Kier alpha value is -2.55. The molecular weight excluding hydrogens is 431 g/mol. The van der Waals surface area contributed by atoms with Crippen LogP contribution in [0.4, 0.5) is 4.39 Å². The van der Waals surface area contributed by atoms with Crippen molar-refractivity contribution in [3.8, 4) is 22.5 Å². The largest absolute Gasteiger partial charge is 0.236 e. The van der Waals surface area contributed by atoms with Gasteiger partial charge in [0.1, 0.15) is 5.82 Å². The van der Waals surface area contributed by atoms with Crippen molar-refractivity contribution in [3.63, 3.8) is 0 Å². The summed E-state index contributed by atoms with van der Waals surface area (Å²) in [6.07, 6.45) is 20.9. The van der Waals surface area contributed by atoms with Gasteiger partial charge in [-0.15, -0.1) is 0 Å². The summed E-state index contributed by atoms with van der Waals surface area (Å²) in [5, 5.41) is 0. The normalized spacial score (nSPS) is 11.2. The molecule has 0 amide bonds. The van der Waals surface area contributed by atoms with Gasteiger partial charge < -0.3 is 0 Å². The van der Waals surface area contributed by atoms with E-state index in [1.54, 1.807) is 6.07 Å². The van der Waals surface area contributed by atoms with Crippen molar-refractivity contribution >= 4 is 0 Å². The highest BCUT2D eigenvalue weighted by atomic mass is 19.1. The topological polar surface area (TPSA) is 25.8 Å². The second kappa shape index (κ2) is 15.4. The van der Waals surface area contributed by atoms with E-state index in [2.05, 4.69) is 48.1 Å². The van der Waals surface area contributed by atoms with E-state index in [0.717, 1.165) is 41.5 Å². The first-order valence-corrected chi connectivity index (χ1v) is 13.9. The molecular formula is C32H43FN2. The van der Waals surface area contributed by atoms with Gasteiger partial charge in [-0.25, -0.2) is 14.4 Å². The minimum Gasteiger partial charge on any atom is -0.236 e. The molecule has 3 aromatic rings. The van der Waals surface area contributed by atoms with Crippen LogP contribution < -0.4 is 0 Å². The van der Waals surface area contributed by atoms with Gasteiger partial charge >= 0.3 is 0 Å². The molecule has 188 valence electrons. The summed E-state index contributed by atoms with van der Waals surface area (Å²) in [6, 6.07) is 14.2. The Morgan fingerprint density at radius 2 is 1.11 bits per heavy atom. The van der Waals surface area contributed by atoms with Gasteiger partial charge in [0, 0.05) is 23.5 Å². The van der Waals surface area contributed by atoms with E-state index in [0.29, 0.717) is 5.82 Å². The molecule has 1 aromatic heterocycles. The third-order valence-electron chi connectivity index (χ3n) is 6.87. The summed E-state index contributed by atoms with van der Waals surface area (Å²) >= 11 is 0. The first kappa shape index (κ1) is 27.0. The van der Waals surface area contributed by atoms with Gasteiger partial charge in [0.2, 0.25) is 0 Å². The zero-order chi connectivity index (χ0) is 24.7. The van der Waals surface area contributed by atoms with E-state index < -0.39 is 0 Å². The first-order chi connectivity index (χ1) is 17.2. The van der Waals surface area contributed by atoms with Crippen LogP contribution in [0.25, 0.3) is 22.5 Å². The Labute approximate surface area is 212 Å². The zero-order valence-corrected chi connectivity index (χ0v) is 21.9. The SMILES string of the molecule is CCCCCCCCc1ccc(-c2cnc(-c3ccc(CCCCCCCC)c(F)c3)nc2)cc1. The molecule has 0 saturated heterocycles. The number of aryl methyl sites for hydroxylation is 2. The highest BCUT2D eigenvalue weighted by Crippen LogP contribution is 2.24. The highest BCUT2D eigenvalue weighted by Gasteiger charge is 2.08. The minimum atomic E-state index is -0.148. The Balaban J connectivity index is 1.50. The number of halogens is 1. The molecule has 0 saturated carbocycles. The lowest BCUT2D eigenvalue weighted by Crippen LogP contribution is -1.95. The van der Waals surface area contributed by atoms with Crippen LogP contribution in [-0.4, -0.2) is 9.97 Å². The van der Waals surface area contributed by atoms with Gasteiger partial charge in [-0.1, -0.05) is 114 Å². The van der Waals surface area contributed by atoms with Crippen molar-refractivity contribution in [1.82, 2.24) is 9.97 Å². The van der Waals surface area contributed by atoms with Gasteiger partial charge in [-0.2, -0.15) is 0 Å². The van der Waals surface area contributed by atoms with E-state index in [9.17, 15) is 4.39 Å². The first-order valence-electron chi connectivity index (χ1n) is 13.9. The quantitative estimate of drug-likeness (QED) is 0.193. The Morgan fingerprint density at radius 1 is 0.571 bits per heavy atom. The van der Waals surface area contributed by atoms with Crippen molar-refractivity contribution in [2.75, 3.05) is 0 Å². The molecule has 1 heterocycles. The molecule has 3 heteroatoms. The lowest BCUT2D eigenvalue weighted by Gasteiger charge is -2.08. The molecule has 0 bridgehead atoms. The number of benzene rings is 2. The maximum Gasteiger partial charge on any atom is 0.159 e. The van der Waals surface area contributed by atoms with Crippen molar-refractivity contribution in [3.05, 3.63) is 71.8 Å². The van der Waals surface area contributed by atoms with Crippen molar-refractivity contribution in [2.24, 2.45) is 0 Å². The van der Waals surface area contributed by atoms with Crippen LogP contribution in [0, 0.1) is 5.82 Å². The number of aromatic nitrogens is 2. The fourth-order valence-corrected chi connectivity index (χ4v) is 4.58. The second-order valence-electron chi connectivity index (χ2n) is 9.83. The molecule has 0 aliphatic heterocycles. The summed E-state index contributed by atoms with van der Waals surface area (Å²) in [6.45, 7) is 4.48. The lowest BCUT2D eigenvalue weighted by atomic mass is 10.0. The van der Waals surface area contributed by atoms with Crippen LogP contribution in [-0.2, 0) is 12.8 Å². The monoisotopic (exact) mass is 474 g/mol. The molecule has 3 rings (SSSR count). The Bertz CT molecular complexity index is 979. The van der Waals surface area contributed by atoms with E-state index in [1.165, 1.54) is 76.2 Å². The Morgan fingerprint density at radius 3 is 1.71 bits per heavy atom. The molecule has 35 heavy (non-hydrogen) atoms. The minimum absolute atomic E-state index is 0.148. The summed E-state index contributed by atoms with van der Waals surface area (Å²) in [5.41, 5.74) is 5.01. The van der Waals surface area contributed by atoms with Gasteiger partial charge in [0.25, 0.3) is 0 Å². The number of nitrogens with zero attached hydrogens (tertiary/aromatic N) is 2. The average molecular weight is 475 g/mol. The molecule has 0 N–H and O–H groups in total. The number of hydrogen-bond acceptors (Lipinski definition) is 2. The second-order valence-corrected chi connectivity index (χ2v) is 9.83. The number of unbranched alkanes of at least 4 members (excludes halogenated alkanes) is 10. The van der Waals surface area contributed by atoms with Crippen molar-refractivity contribution < 1.29 is 4.39 Å². The van der Waals surface area contributed by atoms with Crippen LogP contribution in [0.15, 0.2) is 54.9 Å². The van der Waals surface area contributed by atoms with Crippen molar-refractivity contribution in [1.29, 1.82) is 0 Å². The fraction of sp³-hybridized carbons (Fsp3) is 0.500. The summed E-state index contributed by atoms with van der Waals surface area (Å²) in [5.74, 6) is 0.420. The van der Waals surface area contributed by atoms with E-state index >= 15 is 0 Å². The number of hydrogen-bond donors (Lipinski definition) is 0. The van der Waals surface area contributed by atoms with Crippen LogP contribution >= 0.6 is 0 Å². The molecule has 0 unspecified atom stereocenters. The van der Waals surface area contributed by atoms with E-state index in [-0.39, 0.29) is 5.82 Å². The predicted molar refractivity (Wildman–Crippen MR) is 147 cm³/mol. The summed E-state index contributed by atoms with van der Waals surface area (Å²) in [7, 11) is 0. The molecule has 2 nitrogen and oxygen atoms in total. The van der Waals surface area contributed by atoms with Crippen molar-refractivity contribution in [2.45, 2.75) is 104 Å². The maximum absolute atomic E-state index is 14.7. The molecule has 2 aromatic carbocycles. The third-order valence-corrected chi connectivity index (χ3v) is 6.87. The van der Waals surface area contributed by atoms with Crippen LogP contribution in [0.5, 0.6) is 0 Å². The predicted octanol–water partition coefficient (Wildman–Crippen LogP) is 9.76. The summed E-state index contributed by atoms with van der Waals surface area (Å²) < 4.78 is 14.7. The molecule has 0 radical (unpaired) electrons. The molecule has 0 atom stereocenters. The van der Waals surface area contributed by atoms with Gasteiger partial charge in [-0.05, 0) is 48.4 Å². The average Bonchev–Trinajstić information content (AvgIpc) is 2.89. The van der Waals surface area contributed by atoms with Gasteiger partial charge in [0.05, 0.1) is 0 Å². The summed E-state index contributed by atoms with van der Waals surface area (Å²) in [4.78, 5) is 9.06. The zero-order valence-electron chi connectivity index (χ0n) is 21.9. The molecule has 0 aliphatic carbocycles. The maximum atomic E-state index is 14.7. The standard InChI is InChI=1S/C32H43FN2/c1-3-5-7-9-11-13-15-26-17-19-27(20-18-26)30-24-34-32(35-25-30)29-22-21-28(31(33)23-29)16-14-12-10-8-6-4-2/h17-25H,3-16H2,1-2H3. The lowest BCUT2D eigenvalue weighted by molar-refractivity contribution is 0.580.